The van der Waals surface area contributed by atoms with Crippen LogP contribution >= 0.6 is 0 Å². The minimum atomic E-state index is -0.535. The number of allylic oxidation sites excluding steroid dienone is 6. The summed E-state index contributed by atoms with van der Waals surface area (Å²) in [6.07, 6.45) is 56.4. The van der Waals surface area contributed by atoms with Gasteiger partial charge in [-0.05, 0) is 44.9 Å². The quantitative estimate of drug-likeness (QED) is 0.0388. The zero-order valence-corrected chi connectivity index (χ0v) is 34.4. The number of rotatable bonds is 42. The molecule has 0 fully saturated rings. The summed E-state index contributed by atoms with van der Waals surface area (Å²) in [5.74, 6) is -0.199. The van der Waals surface area contributed by atoms with Crippen molar-refractivity contribution in [2.24, 2.45) is 0 Å². The molecule has 0 heterocycles. The summed E-state index contributed by atoms with van der Waals surface area (Å²) >= 11 is 0. The van der Waals surface area contributed by atoms with E-state index in [4.69, 9.17) is 9.47 Å². The molecule has 0 saturated heterocycles. The number of hydrogen-bond donors (Lipinski definition) is 1. The van der Waals surface area contributed by atoms with Crippen molar-refractivity contribution >= 4 is 5.97 Å². The van der Waals surface area contributed by atoms with Crippen LogP contribution in [0.15, 0.2) is 36.5 Å². The molecule has 4 nitrogen and oxygen atoms in total. The predicted octanol–water partition coefficient (Wildman–Crippen LogP) is 14.9. The van der Waals surface area contributed by atoms with Crippen LogP contribution in [0.1, 0.15) is 232 Å². The molecule has 0 aliphatic heterocycles. The van der Waals surface area contributed by atoms with E-state index >= 15 is 0 Å². The predicted molar refractivity (Wildman–Crippen MR) is 224 cm³/mol. The maximum absolute atomic E-state index is 12.2. The van der Waals surface area contributed by atoms with Crippen LogP contribution in [0, 0.1) is 0 Å². The minimum absolute atomic E-state index is 0.172. The number of aliphatic hydroxyl groups is 1. The normalized spacial score (nSPS) is 12.6. The number of unbranched alkanes of at least 4 members (excludes halogenated alkanes) is 28. The topological polar surface area (TPSA) is 55.8 Å². The van der Waals surface area contributed by atoms with Crippen molar-refractivity contribution in [3.8, 4) is 0 Å². The molecule has 51 heavy (non-hydrogen) atoms. The molecule has 0 aliphatic rings. The zero-order valence-electron chi connectivity index (χ0n) is 34.4. The standard InChI is InChI=1S/C47H88O4/c1-3-5-7-9-11-13-15-17-19-21-23-24-25-26-28-30-32-34-36-38-40-42-47(49)51-46(44-48)45-50-43-41-39-37-35-33-31-29-27-22-20-18-16-14-12-10-8-6-4-2/h6,8,12,14,18,20,46,48H,3-5,7,9-11,13,15-17,19,21-45H2,1-2H3/b8-6-,14-12-,20-18-. The largest absolute Gasteiger partial charge is 0.457 e. The molecule has 1 unspecified atom stereocenters. The molecule has 1 atom stereocenters. The first-order chi connectivity index (χ1) is 25.2. The Balaban J connectivity index is 3.39. The Morgan fingerprint density at radius 3 is 1.33 bits per heavy atom. The fourth-order valence-corrected chi connectivity index (χ4v) is 6.64. The smallest absolute Gasteiger partial charge is 0.306 e. The first-order valence-electron chi connectivity index (χ1n) is 22.6. The van der Waals surface area contributed by atoms with E-state index in [2.05, 4.69) is 50.3 Å². The molecule has 0 radical (unpaired) electrons. The molecule has 0 bridgehead atoms. The van der Waals surface area contributed by atoms with Gasteiger partial charge in [0.25, 0.3) is 0 Å². The second-order valence-corrected chi connectivity index (χ2v) is 15.1. The van der Waals surface area contributed by atoms with Crippen LogP contribution < -0.4 is 0 Å². The summed E-state index contributed by atoms with van der Waals surface area (Å²) in [7, 11) is 0. The molecular weight excluding hydrogens is 629 g/mol. The van der Waals surface area contributed by atoms with Crippen molar-refractivity contribution in [3.63, 3.8) is 0 Å². The first kappa shape index (κ1) is 49.6. The number of esters is 1. The van der Waals surface area contributed by atoms with Gasteiger partial charge in [0.05, 0.1) is 13.2 Å². The van der Waals surface area contributed by atoms with E-state index in [1.165, 1.54) is 173 Å². The van der Waals surface area contributed by atoms with E-state index in [-0.39, 0.29) is 12.6 Å². The molecule has 0 aromatic carbocycles. The van der Waals surface area contributed by atoms with Gasteiger partial charge in [-0.3, -0.25) is 4.79 Å². The average molecular weight is 717 g/mol. The van der Waals surface area contributed by atoms with Crippen LogP contribution in [0.25, 0.3) is 0 Å². The number of carbonyl (C=O) groups is 1. The minimum Gasteiger partial charge on any atom is -0.457 e. The van der Waals surface area contributed by atoms with Crippen LogP contribution in [-0.4, -0.2) is 37.0 Å². The van der Waals surface area contributed by atoms with Gasteiger partial charge in [-0.15, -0.1) is 0 Å². The molecule has 1 N–H and O–H groups in total. The highest BCUT2D eigenvalue weighted by molar-refractivity contribution is 5.69. The lowest BCUT2D eigenvalue weighted by Gasteiger charge is -2.16. The van der Waals surface area contributed by atoms with Gasteiger partial charge in [0.1, 0.15) is 6.10 Å². The lowest BCUT2D eigenvalue weighted by Crippen LogP contribution is -2.27. The van der Waals surface area contributed by atoms with Gasteiger partial charge < -0.3 is 14.6 Å². The first-order valence-corrected chi connectivity index (χ1v) is 22.6. The van der Waals surface area contributed by atoms with Gasteiger partial charge in [-0.25, -0.2) is 0 Å². The highest BCUT2D eigenvalue weighted by atomic mass is 16.6. The van der Waals surface area contributed by atoms with E-state index in [0.717, 1.165) is 38.5 Å². The lowest BCUT2D eigenvalue weighted by molar-refractivity contribution is -0.154. The Labute approximate surface area is 319 Å². The molecule has 4 heteroatoms. The number of aliphatic hydroxyl groups excluding tert-OH is 1. The maximum atomic E-state index is 12.2. The molecule has 0 rings (SSSR count). The van der Waals surface area contributed by atoms with Crippen molar-refractivity contribution in [2.75, 3.05) is 19.8 Å². The van der Waals surface area contributed by atoms with Crippen molar-refractivity contribution in [1.29, 1.82) is 0 Å². The Morgan fingerprint density at radius 2 is 0.882 bits per heavy atom. The Morgan fingerprint density at radius 1 is 0.490 bits per heavy atom. The van der Waals surface area contributed by atoms with E-state index in [9.17, 15) is 9.90 Å². The Hall–Kier alpha value is -1.39. The molecule has 0 aliphatic carbocycles. The van der Waals surface area contributed by atoms with Gasteiger partial charge in [0.2, 0.25) is 0 Å². The highest BCUT2D eigenvalue weighted by Gasteiger charge is 2.13. The average Bonchev–Trinajstić information content (AvgIpc) is 3.14. The van der Waals surface area contributed by atoms with E-state index in [0.29, 0.717) is 19.6 Å². The fraction of sp³-hybridized carbons (Fsp3) is 0.851. The van der Waals surface area contributed by atoms with Gasteiger partial charge in [0.15, 0.2) is 0 Å². The number of hydrogen-bond acceptors (Lipinski definition) is 4. The maximum Gasteiger partial charge on any atom is 0.306 e. The third kappa shape index (κ3) is 42.9. The van der Waals surface area contributed by atoms with Crippen LogP contribution in [0.2, 0.25) is 0 Å². The van der Waals surface area contributed by atoms with Gasteiger partial charge in [-0.1, -0.05) is 217 Å². The molecule has 300 valence electrons. The van der Waals surface area contributed by atoms with Crippen molar-refractivity contribution < 1.29 is 19.4 Å². The Bertz CT molecular complexity index is 757. The summed E-state index contributed by atoms with van der Waals surface area (Å²) in [5.41, 5.74) is 0. The highest BCUT2D eigenvalue weighted by Crippen LogP contribution is 2.16. The monoisotopic (exact) mass is 717 g/mol. The molecule has 0 spiro atoms. The van der Waals surface area contributed by atoms with E-state index in [1.807, 2.05) is 0 Å². The molecular formula is C47H88O4. The second-order valence-electron chi connectivity index (χ2n) is 15.1. The molecule has 0 amide bonds. The summed E-state index contributed by atoms with van der Waals surface area (Å²) in [6, 6.07) is 0. The van der Waals surface area contributed by atoms with Crippen LogP contribution in [0.5, 0.6) is 0 Å². The summed E-state index contributed by atoms with van der Waals surface area (Å²) in [6.45, 7) is 5.25. The van der Waals surface area contributed by atoms with Gasteiger partial charge >= 0.3 is 5.97 Å². The van der Waals surface area contributed by atoms with Crippen LogP contribution in [0.4, 0.5) is 0 Å². The SMILES string of the molecule is CC/C=C\C/C=C\C/C=C\CCCCCCCCCCOCC(CO)OC(=O)CCCCCCCCCCCCCCCCCCCCCCC. The van der Waals surface area contributed by atoms with E-state index < -0.39 is 6.10 Å². The zero-order chi connectivity index (χ0) is 37.0. The third-order valence-electron chi connectivity index (χ3n) is 9.98. The molecule has 0 aromatic heterocycles. The lowest BCUT2D eigenvalue weighted by atomic mass is 10.0. The summed E-state index contributed by atoms with van der Waals surface area (Å²) in [5, 5.41) is 9.61. The number of carbonyl (C=O) groups excluding carboxylic acids is 1. The molecule has 0 saturated carbocycles. The van der Waals surface area contributed by atoms with Crippen molar-refractivity contribution in [1.82, 2.24) is 0 Å². The van der Waals surface area contributed by atoms with E-state index in [1.54, 1.807) is 0 Å². The Kier molecular flexibility index (Phi) is 43.5. The summed E-state index contributed by atoms with van der Waals surface area (Å²) < 4.78 is 11.2. The van der Waals surface area contributed by atoms with Gasteiger partial charge in [-0.2, -0.15) is 0 Å². The number of ether oxygens (including phenoxy) is 2. The van der Waals surface area contributed by atoms with Gasteiger partial charge in [0, 0.05) is 13.0 Å². The second kappa shape index (κ2) is 44.8. The fourth-order valence-electron chi connectivity index (χ4n) is 6.64. The van der Waals surface area contributed by atoms with Crippen LogP contribution in [0.3, 0.4) is 0 Å². The summed E-state index contributed by atoms with van der Waals surface area (Å²) in [4.78, 5) is 12.2. The molecule has 0 aromatic rings. The van der Waals surface area contributed by atoms with Crippen molar-refractivity contribution in [3.05, 3.63) is 36.5 Å². The van der Waals surface area contributed by atoms with Crippen LogP contribution in [-0.2, 0) is 14.3 Å². The third-order valence-corrected chi connectivity index (χ3v) is 9.98. The van der Waals surface area contributed by atoms with Crippen molar-refractivity contribution in [2.45, 2.75) is 238 Å².